The number of fused-ring (bicyclic) bond motifs is 10. The highest BCUT2D eigenvalue weighted by molar-refractivity contribution is 7.03. The topological polar surface area (TPSA) is 19.4 Å². The molecular weight excluding hydrogens is 1390 g/mol. The Morgan fingerprint density at radius 2 is 0.496 bits per heavy atom. The largest absolute Gasteiger partial charge is 0.365 e. The number of hydrogen-bond donors (Lipinski definition) is 0. The van der Waals surface area contributed by atoms with Crippen molar-refractivity contribution in [3.63, 3.8) is 0 Å². The van der Waals surface area contributed by atoms with E-state index in [1.54, 1.807) is 0 Å². The Morgan fingerprint density at radius 3 is 0.843 bits per heavy atom. The second-order valence-corrected chi connectivity index (χ2v) is 33.9. The molecule has 550 valence electrons. The van der Waals surface area contributed by atoms with Crippen LogP contribution in [-0.2, 0) is 0 Å². The fourth-order valence-corrected chi connectivity index (χ4v) is 23.4. The first-order valence-electron chi connectivity index (χ1n) is 42.3. The molecule has 25 rings (SSSR count). The zero-order chi connectivity index (χ0) is 75.3. The smallest absolute Gasteiger partial charge is 0.252 e. The van der Waals surface area contributed by atoms with Crippen LogP contribution in [0.15, 0.2) is 352 Å². The number of benzene rings is 15. The molecule has 6 fully saturated rings. The minimum Gasteiger partial charge on any atom is -0.365 e. The van der Waals surface area contributed by atoms with Crippen molar-refractivity contribution in [1.82, 2.24) is 0 Å². The zero-order valence-electron chi connectivity index (χ0n) is 64.6. The van der Waals surface area contributed by atoms with E-state index in [4.69, 9.17) is 0 Å². The summed E-state index contributed by atoms with van der Waals surface area (Å²) in [7, 11) is 0. The molecule has 10 aliphatic rings. The molecule has 6 nitrogen and oxygen atoms in total. The molecule has 8 heteroatoms. The van der Waals surface area contributed by atoms with E-state index >= 15 is 0 Å². The molecule has 15 aromatic carbocycles. The third kappa shape index (κ3) is 10.6. The van der Waals surface area contributed by atoms with E-state index in [1.165, 1.54) is 244 Å². The number of piperidine rings is 4. The lowest BCUT2D eigenvalue weighted by molar-refractivity contribution is 0.0900. The SMILES string of the molecule is c1ccc(-c2cccc(-c3ccccc3)c2N2c3ccccc3B3c4cc5c(cc4N(c4ccccc4)c4cc(N6C7CCCC6CCC7)cc2c43)N(c2c(-c3ccccc3)cccc2-c2ccccc2)c2cc(N3C4CC6CC(C4)CC3C6)cc3c2B5c2ccccc2N3c2c(-c3ccccc3)cccc2-c2ccccc2)cc1. The van der Waals surface area contributed by atoms with Crippen LogP contribution in [0.25, 0.3) is 66.8 Å². The maximum atomic E-state index is 2.98. The summed E-state index contributed by atoms with van der Waals surface area (Å²) in [6.45, 7) is -0.422. The predicted octanol–water partition coefficient (Wildman–Crippen LogP) is 23.5. The predicted molar refractivity (Wildman–Crippen MR) is 485 cm³/mol. The number of nitrogens with zero attached hydrogens (tertiary/aromatic N) is 6. The Kier molecular flexibility index (Phi) is 15.7. The van der Waals surface area contributed by atoms with Gasteiger partial charge in [-0.15, -0.1) is 0 Å². The van der Waals surface area contributed by atoms with Crippen molar-refractivity contribution >= 4 is 126 Å². The summed E-state index contributed by atoms with van der Waals surface area (Å²) in [5.41, 5.74) is 39.2. The van der Waals surface area contributed by atoms with Crippen LogP contribution in [0.5, 0.6) is 0 Å². The van der Waals surface area contributed by atoms with Crippen molar-refractivity contribution in [2.45, 2.75) is 94.8 Å². The standard InChI is InChI=1S/C107H86B2N6/c1-8-31-72(32-9-1)85-49-28-50-86(73-33-10-2-11-34-73)105(85)113-95-57-24-22-55-91(95)108-93-68-94-98(69-97(93)112(80-43-20-7-21-44-80)99-64-83(65-100(113)103(99)108)110-78-45-26-46-79(110)48-27-47-78)115(107-89(76-39-16-5-17-40-76)53-30-54-90(107)77-41-18-6-19-42-77)102-67-84(111-81-60-70-59-71(62-81)63-82(111)61-70)66-101-104(102)109(94)92-56-23-25-58-96(92)114(101)106-87(74-35-12-3-13-36-74)51-29-52-88(106)75-37-14-4-15-38-75/h1-25,28-44,49-58,64-71,78-79,81-82H,26-27,45-48,59-63H2. The van der Waals surface area contributed by atoms with Gasteiger partial charge in [-0.1, -0.05) is 297 Å². The van der Waals surface area contributed by atoms with E-state index in [2.05, 4.69) is 381 Å². The summed E-state index contributed by atoms with van der Waals surface area (Å²) in [5, 5.41) is 0. The molecule has 4 saturated heterocycles. The first-order valence-corrected chi connectivity index (χ1v) is 42.3. The maximum absolute atomic E-state index is 2.98. The van der Waals surface area contributed by atoms with E-state index in [0.717, 1.165) is 17.5 Å². The molecule has 2 aliphatic carbocycles. The van der Waals surface area contributed by atoms with Crippen LogP contribution >= 0.6 is 0 Å². The van der Waals surface area contributed by atoms with Crippen molar-refractivity contribution < 1.29 is 0 Å². The van der Waals surface area contributed by atoms with Gasteiger partial charge in [-0.2, -0.15) is 0 Å². The summed E-state index contributed by atoms with van der Waals surface area (Å²) < 4.78 is 0. The molecule has 8 aliphatic heterocycles. The molecule has 0 unspecified atom stereocenters. The van der Waals surface area contributed by atoms with Gasteiger partial charge in [0, 0.05) is 120 Å². The Bertz CT molecular complexity index is 6100. The maximum Gasteiger partial charge on any atom is 0.252 e. The molecule has 0 aromatic heterocycles. The Balaban J connectivity index is 0.847. The average Bonchev–Trinajstić information content (AvgIpc) is 0.677. The molecule has 8 heterocycles. The van der Waals surface area contributed by atoms with E-state index in [0.29, 0.717) is 24.2 Å². The van der Waals surface area contributed by atoms with Crippen molar-refractivity contribution in [2.24, 2.45) is 11.8 Å². The fourth-order valence-electron chi connectivity index (χ4n) is 23.4. The molecule has 115 heavy (non-hydrogen) atoms. The first-order chi connectivity index (χ1) is 57.1. The van der Waals surface area contributed by atoms with Crippen LogP contribution in [-0.4, -0.2) is 37.6 Å². The highest BCUT2D eigenvalue weighted by Crippen LogP contribution is 2.59. The van der Waals surface area contributed by atoms with Crippen molar-refractivity contribution in [2.75, 3.05) is 29.4 Å². The quantitative estimate of drug-likeness (QED) is 0.113. The second-order valence-electron chi connectivity index (χ2n) is 33.9. The van der Waals surface area contributed by atoms with Crippen molar-refractivity contribution in [3.05, 3.63) is 352 Å². The summed E-state index contributed by atoms with van der Waals surface area (Å²) >= 11 is 0. The normalized spacial score (nSPS) is 19.5. The van der Waals surface area contributed by atoms with Gasteiger partial charge in [0.05, 0.1) is 17.1 Å². The number of para-hydroxylation sites is 6. The summed E-state index contributed by atoms with van der Waals surface area (Å²) in [6.07, 6.45) is 13.7. The van der Waals surface area contributed by atoms with Gasteiger partial charge in [-0.05, 0) is 203 Å². The average molecular weight is 1480 g/mol. The van der Waals surface area contributed by atoms with Crippen LogP contribution in [0.1, 0.15) is 70.6 Å². The molecule has 2 saturated carbocycles. The van der Waals surface area contributed by atoms with Crippen molar-refractivity contribution in [1.29, 1.82) is 0 Å². The van der Waals surface area contributed by atoms with Gasteiger partial charge in [0.15, 0.2) is 0 Å². The summed E-state index contributed by atoms with van der Waals surface area (Å²) in [5.74, 6) is 1.55. The summed E-state index contributed by atoms with van der Waals surface area (Å²) in [6, 6.07) is 138. The molecule has 0 atom stereocenters. The van der Waals surface area contributed by atoms with Gasteiger partial charge in [0.2, 0.25) is 0 Å². The summed E-state index contributed by atoms with van der Waals surface area (Å²) in [4.78, 5) is 17.0. The minimum atomic E-state index is -0.224. The van der Waals surface area contributed by atoms with Gasteiger partial charge in [-0.25, -0.2) is 0 Å². The van der Waals surface area contributed by atoms with Crippen molar-refractivity contribution in [3.8, 4) is 66.8 Å². The van der Waals surface area contributed by atoms with Gasteiger partial charge in [0.25, 0.3) is 13.4 Å². The highest BCUT2D eigenvalue weighted by Gasteiger charge is 2.53. The van der Waals surface area contributed by atoms with Crippen LogP contribution in [0.2, 0.25) is 0 Å². The lowest BCUT2D eigenvalue weighted by Gasteiger charge is -2.58. The first kappa shape index (κ1) is 66.8. The van der Waals surface area contributed by atoms with Gasteiger partial charge in [0.1, 0.15) is 0 Å². The van der Waals surface area contributed by atoms with Gasteiger partial charge >= 0.3 is 0 Å². The van der Waals surface area contributed by atoms with Crippen LogP contribution in [0.4, 0.5) is 79.6 Å². The minimum absolute atomic E-state index is 0.198. The Morgan fingerprint density at radius 1 is 0.209 bits per heavy atom. The lowest BCUT2D eigenvalue weighted by atomic mass is 9.30. The number of anilines is 14. The third-order valence-corrected chi connectivity index (χ3v) is 27.7. The molecule has 6 bridgehead atoms. The number of rotatable bonds is 12. The third-order valence-electron chi connectivity index (χ3n) is 27.7. The fraction of sp³-hybridized carbons (Fsp3) is 0.159. The monoisotopic (exact) mass is 1480 g/mol. The number of hydrogen-bond acceptors (Lipinski definition) is 6. The zero-order valence-corrected chi connectivity index (χ0v) is 64.6. The van der Waals surface area contributed by atoms with E-state index in [-0.39, 0.29) is 13.4 Å². The van der Waals surface area contributed by atoms with Gasteiger partial charge < -0.3 is 29.4 Å². The van der Waals surface area contributed by atoms with E-state index in [9.17, 15) is 0 Å². The molecule has 0 amide bonds. The molecule has 0 radical (unpaired) electrons. The van der Waals surface area contributed by atoms with E-state index < -0.39 is 0 Å². The Labute approximate surface area is 676 Å². The Hall–Kier alpha value is -12.8. The van der Waals surface area contributed by atoms with E-state index in [1.807, 2.05) is 0 Å². The molecule has 0 N–H and O–H groups in total. The van der Waals surface area contributed by atoms with Gasteiger partial charge in [-0.3, -0.25) is 0 Å². The van der Waals surface area contributed by atoms with Crippen LogP contribution in [0, 0.1) is 11.8 Å². The lowest BCUT2D eigenvalue weighted by Crippen LogP contribution is -2.65. The second kappa shape index (κ2) is 27.0. The molecule has 15 aromatic rings. The molecular formula is C107H86B2N6. The highest BCUT2D eigenvalue weighted by atomic mass is 15.3. The van der Waals surface area contributed by atoms with Crippen LogP contribution in [0.3, 0.4) is 0 Å². The van der Waals surface area contributed by atoms with Crippen LogP contribution < -0.4 is 62.2 Å². The molecule has 0 spiro atoms.